The number of halogens is 1. The highest BCUT2D eigenvalue weighted by molar-refractivity contribution is 5.75. The van der Waals surface area contributed by atoms with Crippen molar-refractivity contribution in [2.75, 3.05) is 11.9 Å². The first kappa shape index (κ1) is 16.6. The van der Waals surface area contributed by atoms with Crippen molar-refractivity contribution in [3.63, 3.8) is 0 Å². The smallest absolute Gasteiger partial charge is 0.352 e. The predicted molar refractivity (Wildman–Crippen MR) is 90.2 cm³/mol. The lowest BCUT2D eigenvalue weighted by molar-refractivity contribution is -0.121. The lowest BCUT2D eigenvalue weighted by atomic mass is 10.3. The summed E-state index contributed by atoms with van der Waals surface area (Å²) in [7, 11) is 0. The number of fused-ring (bicyclic) bond motifs is 1. The summed E-state index contributed by atoms with van der Waals surface area (Å²) in [5.41, 5.74) is 0.210. The molecular formula is C16H17FN6O2. The molecule has 130 valence electrons. The summed E-state index contributed by atoms with van der Waals surface area (Å²) in [5, 5.41) is 9.76. The SMILES string of the molecule is CCCNC(=O)Cn1nc2nc(Nc3ccc(F)cc3)ccn2c1=O. The molecule has 0 atom stereocenters. The molecule has 2 heterocycles. The third-order valence-corrected chi connectivity index (χ3v) is 3.44. The van der Waals surface area contributed by atoms with Crippen LogP contribution in [0.5, 0.6) is 0 Å². The molecule has 0 unspecified atom stereocenters. The molecule has 25 heavy (non-hydrogen) atoms. The summed E-state index contributed by atoms with van der Waals surface area (Å²) in [6.07, 6.45) is 2.33. The van der Waals surface area contributed by atoms with Crippen molar-refractivity contribution < 1.29 is 9.18 Å². The van der Waals surface area contributed by atoms with Crippen LogP contribution in [0.3, 0.4) is 0 Å². The summed E-state index contributed by atoms with van der Waals surface area (Å²) in [4.78, 5) is 28.2. The molecule has 0 bridgehead atoms. The third kappa shape index (κ3) is 3.82. The van der Waals surface area contributed by atoms with Crippen LogP contribution < -0.4 is 16.3 Å². The van der Waals surface area contributed by atoms with Gasteiger partial charge >= 0.3 is 5.69 Å². The second kappa shape index (κ2) is 7.12. The highest BCUT2D eigenvalue weighted by Gasteiger charge is 2.12. The number of hydrogen-bond donors (Lipinski definition) is 2. The molecule has 9 heteroatoms. The lowest BCUT2D eigenvalue weighted by Crippen LogP contribution is -2.33. The summed E-state index contributed by atoms with van der Waals surface area (Å²) in [6.45, 7) is 2.32. The van der Waals surface area contributed by atoms with E-state index in [2.05, 4.69) is 20.7 Å². The Morgan fingerprint density at radius 1 is 1.24 bits per heavy atom. The normalized spacial score (nSPS) is 10.8. The largest absolute Gasteiger partial charge is 0.355 e. The van der Waals surface area contributed by atoms with Crippen LogP contribution in [-0.4, -0.2) is 31.6 Å². The van der Waals surface area contributed by atoms with Gasteiger partial charge in [-0.05, 0) is 36.8 Å². The predicted octanol–water partition coefficient (Wildman–Crippen LogP) is 1.30. The molecule has 0 aliphatic rings. The van der Waals surface area contributed by atoms with Crippen molar-refractivity contribution in [3.05, 3.63) is 52.8 Å². The lowest BCUT2D eigenvalue weighted by Gasteiger charge is -2.04. The Balaban J connectivity index is 1.82. The number of anilines is 2. The molecule has 0 saturated carbocycles. The van der Waals surface area contributed by atoms with Crippen LogP contribution in [0.25, 0.3) is 5.78 Å². The van der Waals surface area contributed by atoms with Gasteiger partial charge in [0.1, 0.15) is 18.2 Å². The zero-order chi connectivity index (χ0) is 17.8. The van der Waals surface area contributed by atoms with E-state index >= 15 is 0 Å². The van der Waals surface area contributed by atoms with E-state index in [0.717, 1.165) is 11.1 Å². The number of carbonyl (C=O) groups excluding carboxylic acids is 1. The van der Waals surface area contributed by atoms with Crippen LogP contribution in [-0.2, 0) is 11.3 Å². The fourth-order valence-corrected chi connectivity index (χ4v) is 2.22. The van der Waals surface area contributed by atoms with Crippen LogP contribution in [0, 0.1) is 5.82 Å². The first-order chi connectivity index (χ1) is 12.1. The number of hydrogen-bond acceptors (Lipinski definition) is 5. The average Bonchev–Trinajstić information content (AvgIpc) is 2.90. The molecule has 0 fully saturated rings. The first-order valence-corrected chi connectivity index (χ1v) is 7.82. The second-order valence-corrected chi connectivity index (χ2v) is 5.40. The van der Waals surface area contributed by atoms with Gasteiger partial charge in [-0.3, -0.25) is 4.79 Å². The number of nitrogens with zero attached hydrogens (tertiary/aromatic N) is 4. The van der Waals surface area contributed by atoms with Crippen molar-refractivity contribution in [1.29, 1.82) is 0 Å². The van der Waals surface area contributed by atoms with E-state index in [0.29, 0.717) is 18.1 Å². The molecule has 8 nitrogen and oxygen atoms in total. The summed E-state index contributed by atoms with van der Waals surface area (Å²) < 4.78 is 15.3. The molecule has 0 saturated heterocycles. The number of nitrogens with one attached hydrogen (secondary N) is 2. The Morgan fingerprint density at radius 3 is 2.72 bits per heavy atom. The molecule has 0 radical (unpaired) electrons. The number of carbonyl (C=O) groups is 1. The zero-order valence-electron chi connectivity index (χ0n) is 13.6. The Bertz CT molecular complexity index is 947. The molecule has 0 aliphatic heterocycles. The fraction of sp³-hybridized carbons (Fsp3) is 0.250. The van der Waals surface area contributed by atoms with Gasteiger partial charge < -0.3 is 10.6 Å². The maximum absolute atomic E-state index is 12.9. The van der Waals surface area contributed by atoms with Crippen LogP contribution in [0.2, 0.25) is 0 Å². The summed E-state index contributed by atoms with van der Waals surface area (Å²) in [5.74, 6) is 0.00437. The van der Waals surface area contributed by atoms with E-state index in [1.807, 2.05) is 6.92 Å². The third-order valence-electron chi connectivity index (χ3n) is 3.44. The molecule has 0 spiro atoms. The van der Waals surface area contributed by atoms with E-state index < -0.39 is 5.69 Å². The quantitative estimate of drug-likeness (QED) is 0.703. The Morgan fingerprint density at radius 2 is 2.00 bits per heavy atom. The average molecular weight is 344 g/mol. The van der Waals surface area contributed by atoms with Crippen LogP contribution in [0.1, 0.15) is 13.3 Å². The van der Waals surface area contributed by atoms with E-state index in [4.69, 9.17) is 0 Å². The van der Waals surface area contributed by atoms with Gasteiger partial charge in [-0.2, -0.15) is 4.98 Å². The second-order valence-electron chi connectivity index (χ2n) is 5.40. The van der Waals surface area contributed by atoms with E-state index in [-0.39, 0.29) is 24.0 Å². The maximum Gasteiger partial charge on any atom is 0.352 e. The van der Waals surface area contributed by atoms with Crippen molar-refractivity contribution in [1.82, 2.24) is 24.5 Å². The van der Waals surface area contributed by atoms with Crippen molar-refractivity contribution in [2.45, 2.75) is 19.9 Å². The topological polar surface area (TPSA) is 93.3 Å². The van der Waals surface area contributed by atoms with E-state index in [1.54, 1.807) is 18.2 Å². The van der Waals surface area contributed by atoms with Gasteiger partial charge in [0.2, 0.25) is 5.91 Å². The van der Waals surface area contributed by atoms with Gasteiger partial charge in [-0.1, -0.05) is 6.92 Å². The van der Waals surface area contributed by atoms with Gasteiger partial charge in [0.25, 0.3) is 5.78 Å². The first-order valence-electron chi connectivity index (χ1n) is 7.82. The van der Waals surface area contributed by atoms with Crippen LogP contribution in [0.4, 0.5) is 15.9 Å². The van der Waals surface area contributed by atoms with Gasteiger partial charge in [0, 0.05) is 18.4 Å². The van der Waals surface area contributed by atoms with E-state index in [9.17, 15) is 14.0 Å². The molecule has 3 aromatic rings. The number of aromatic nitrogens is 4. The van der Waals surface area contributed by atoms with Gasteiger partial charge in [0.05, 0.1) is 0 Å². The van der Waals surface area contributed by atoms with Gasteiger partial charge in [0.15, 0.2) is 0 Å². The molecule has 2 N–H and O–H groups in total. The molecule has 0 aliphatic carbocycles. The standard InChI is InChI=1S/C16H17FN6O2/c1-2-8-18-14(24)10-23-16(25)22-9-7-13(20-15(22)21-23)19-12-5-3-11(17)4-6-12/h3-7,9H,2,8,10H2,1H3,(H,18,24)(H,19,20,21). The van der Waals surface area contributed by atoms with Crippen molar-refractivity contribution >= 4 is 23.2 Å². The zero-order valence-corrected chi connectivity index (χ0v) is 13.6. The summed E-state index contributed by atoms with van der Waals surface area (Å²) >= 11 is 0. The highest BCUT2D eigenvalue weighted by atomic mass is 19.1. The molecule has 1 amide bonds. The highest BCUT2D eigenvalue weighted by Crippen LogP contribution is 2.14. The van der Waals surface area contributed by atoms with Crippen LogP contribution in [0.15, 0.2) is 41.3 Å². The van der Waals surface area contributed by atoms with E-state index in [1.165, 1.54) is 22.7 Å². The Hall–Kier alpha value is -3.23. The minimum absolute atomic E-state index is 0.164. The minimum Gasteiger partial charge on any atom is -0.355 e. The Labute approximate surface area is 142 Å². The summed E-state index contributed by atoms with van der Waals surface area (Å²) in [6, 6.07) is 7.40. The van der Waals surface area contributed by atoms with Gasteiger partial charge in [-0.25, -0.2) is 18.3 Å². The Kier molecular flexibility index (Phi) is 4.73. The molecular weight excluding hydrogens is 327 g/mol. The molecule has 2 aromatic heterocycles. The number of rotatable bonds is 6. The van der Waals surface area contributed by atoms with Crippen molar-refractivity contribution in [2.24, 2.45) is 0 Å². The number of benzene rings is 1. The minimum atomic E-state index is -0.442. The van der Waals surface area contributed by atoms with Gasteiger partial charge in [-0.15, -0.1) is 5.10 Å². The molecule has 1 aromatic carbocycles. The monoisotopic (exact) mass is 344 g/mol. The number of amides is 1. The van der Waals surface area contributed by atoms with Crippen LogP contribution >= 0.6 is 0 Å². The molecule has 3 rings (SSSR count). The van der Waals surface area contributed by atoms with Crippen molar-refractivity contribution in [3.8, 4) is 0 Å². The fourth-order valence-electron chi connectivity index (χ4n) is 2.22. The maximum atomic E-state index is 12.9.